The first-order valence-electron chi connectivity index (χ1n) is 10.7. The number of aryl methyl sites for hydroxylation is 1. The molecule has 0 saturated heterocycles. The van der Waals surface area contributed by atoms with Crippen LogP contribution in [-0.2, 0) is 4.79 Å². The first-order chi connectivity index (χ1) is 17.0. The van der Waals surface area contributed by atoms with Crippen molar-refractivity contribution in [2.24, 2.45) is 0 Å². The number of carbonyl (C=O) groups excluding carboxylic acids is 1. The Bertz CT molecular complexity index is 1410. The van der Waals surface area contributed by atoms with Crippen LogP contribution in [0.5, 0.6) is 23.0 Å². The van der Waals surface area contributed by atoms with Gasteiger partial charge in [0.15, 0.2) is 11.5 Å². The fourth-order valence-electron chi connectivity index (χ4n) is 4.15. The van der Waals surface area contributed by atoms with E-state index in [4.69, 9.17) is 29.0 Å². The van der Waals surface area contributed by atoms with Crippen LogP contribution in [0, 0.1) is 6.92 Å². The van der Waals surface area contributed by atoms with E-state index in [2.05, 4.69) is 5.32 Å². The quantitative estimate of drug-likeness (QED) is 0.400. The Hall–Kier alpha value is -3.44. The summed E-state index contributed by atoms with van der Waals surface area (Å²) < 4.78 is 24.7. The number of fused-ring (bicyclic) bond motifs is 2. The number of nitrogens with one attached hydrogen (secondary N) is 1. The second-order valence-corrected chi connectivity index (χ2v) is 9.89. The predicted molar refractivity (Wildman–Crippen MR) is 137 cm³/mol. The number of methoxy groups -OCH3 is 4. The third kappa shape index (κ3) is 4.04. The molecule has 11 heteroatoms. The van der Waals surface area contributed by atoms with E-state index in [1.165, 1.54) is 23.1 Å². The molecule has 35 heavy (non-hydrogen) atoms. The van der Waals surface area contributed by atoms with Crippen LogP contribution in [-0.4, -0.2) is 54.9 Å². The number of benzene rings is 2. The second kappa shape index (κ2) is 9.31. The standard InChI is InChI=1S/C24H24N4O5S2/c1-12-20-22(13-8-16(31-3)21(33-5)17(9-13)32-4)34-11-19(29)26-23(20)28(27-12)24-25-15-7-6-14(30-2)10-18(15)35-24/h6-10,22H,11H2,1-5H3,(H,26,29)/t22-/m1/s1. The fraction of sp³-hybridized carbons (Fsp3) is 0.292. The van der Waals surface area contributed by atoms with Crippen LogP contribution in [0.1, 0.15) is 22.1 Å². The van der Waals surface area contributed by atoms with Crippen molar-refractivity contribution in [3.8, 4) is 28.1 Å². The van der Waals surface area contributed by atoms with Crippen molar-refractivity contribution in [3.05, 3.63) is 47.2 Å². The van der Waals surface area contributed by atoms with Crippen LogP contribution < -0.4 is 24.3 Å². The molecule has 0 bridgehead atoms. The molecule has 1 aliphatic rings. The van der Waals surface area contributed by atoms with E-state index >= 15 is 0 Å². The lowest BCUT2D eigenvalue weighted by Crippen LogP contribution is -2.15. The van der Waals surface area contributed by atoms with E-state index in [0.29, 0.717) is 28.2 Å². The molecule has 0 fully saturated rings. The Morgan fingerprint density at radius 3 is 2.43 bits per heavy atom. The van der Waals surface area contributed by atoms with Gasteiger partial charge in [-0.05, 0) is 42.8 Å². The van der Waals surface area contributed by atoms with Gasteiger partial charge in [-0.1, -0.05) is 11.3 Å². The van der Waals surface area contributed by atoms with Gasteiger partial charge in [0, 0.05) is 5.56 Å². The van der Waals surface area contributed by atoms with Crippen LogP contribution in [0.25, 0.3) is 15.3 Å². The summed E-state index contributed by atoms with van der Waals surface area (Å²) in [7, 11) is 6.38. The molecule has 1 aliphatic heterocycles. The van der Waals surface area contributed by atoms with Crippen molar-refractivity contribution in [1.29, 1.82) is 0 Å². The third-order valence-electron chi connectivity index (χ3n) is 5.76. The minimum absolute atomic E-state index is 0.102. The molecule has 2 aromatic carbocycles. The zero-order valence-electron chi connectivity index (χ0n) is 19.9. The van der Waals surface area contributed by atoms with Crippen LogP contribution in [0.3, 0.4) is 0 Å². The first-order valence-corrected chi connectivity index (χ1v) is 12.6. The predicted octanol–water partition coefficient (Wildman–Crippen LogP) is 4.60. The molecular formula is C24H24N4O5S2. The van der Waals surface area contributed by atoms with Crippen LogP contribution in [0.2, 0.25) is 0 Å². The summed E-state index contributed by atoms with van der Waals surface area (Å²) in [5.41, 5.74) is 3.46. The van der Waals surface area contributed by atoms with Gasteiger partial charge in [0.25, 0.3) is 0 Å². The number of thioether (sulfide) groups is 1. The molecule has 0 unspecified atom stereocenters. The lowest BCUT2D eigenvalue weighted by Gasteiger charge is -2.19. The van der Waals surface area contributed by atoms with Gasteiger partial charge in [0.05, 0.1) is 55.4 Å². The van der Waals surface area contributed by atoms with Crippen molar-refractivity contribution in [2.45, 2.75) is 12.2 Å². The number of anilines is 1. The third-order valence-corrected chi connectivity index (χ3v) is 8.03. The number of hydrogen-bond acceptors (Lipinski definition) is 9. The highest BCUT2D eigenvalue weighted by Crippen LogP contribution is 2.48. The van der Waals surface area contributed by atoms with Gasteiger partial charge in [0.1, 0.15) is 11.6 Å². The maximum atomic E-state index is 12.7. The maximum Gasteiger partial charge on any atom is 0.235 e. The molecule has 0 saturated carbocycles. The number of hydrogen-bond donors (Lipinski definition) is 1. The molecule has 0 radical (unpaired) electrons. The molecule has 2 aromatic heterocycles. The highest BCUT2D eigenvalue weighted by Gasteiger charge is 2.32. The Balaban J connectivity index is 1.67. The molecule has 5 rings (SSSR count). The topological polar surface area (TPSA) is 96.7 Å². The molecule has 0 spiro atoms. The van der Waals surface area contributed by atoms with Crippen LogP contribution in [0.4, 0.5) is 5.82 Å². The van der Waals surface area contributed by atoms with E-state index in [0.717, 1.165) is 32.8 Å². The van der Waals surface area contributed by atoms with E-state index in [9.17, 15) is 4.79 Å². The van der Waals surface area contributed by atoms with Gasteiger partial charge in [0.2, 0.25) is 16.8 Å². The van der Waals surface area contributed by atoms with Gasteiger partial charge < -0.3 is 24.3 Å². The summed E-state index contributed by atoms with van der Waals surface area (Å²) in [6, 6.07) is 9.56. The summed E-state index contributed by atoms with van der Waals surface area (Å²) >= 11 is 3.00. The minimum atomic E-state index is -0.194. The number of aromatic nitrogens is 3. The summed E-state index contributed by atoms with van der Waals surface area (Å²) in [6.07, 6.45) is 0. The molecule has 182 valence electrons. The number of ether oxygens (including phenoxy) is 4. The molecule has 9 nitrogen and oxygen atoms in total. The van der Waals surface area contributed by atoms with E-state index in [-0.39, 0.29) is 16.9 Å². The van der Waals surface area contributed by atoms with Gasteiger partial charge in [-0.15, -0.1) is 11.8 Å². The number of nitrogens with zero attached hydrogens (tertiary/aromatic N) is 3. The molecule has 1 amide bonds. The second-order valence-electron chi connectivity index (χ2n) is 7.79. The Labute approximate surface area is 210 Å². The average Bonchev–Trinajstić information content (AvgIpc) is 3.38. The van der Waals surface area contributed by atoms with Gasteiger partial charge >= 0.3 is 0 Å². The number of carbonyl (C=O) groups is 1. The van der Waals surface area contributed by atoms with Crippen LogP contribution >= 0.6 is 23.1 Å². The fourth-order valence-corrected chi connectivity index (χ4v) is 6.27. The molecule has 4 aromatic rings. The number of amides is 1. The van der Waals surface area contributed by atoms with Gasteiger partial charge in [-0.25, -0.2) is 4.98 Å². The molecule has 3 heterocycles. The Kier molecular flexibility index (Phi) is 6.20. The molecule has 1 N–H and O–H groups in total. The monoisotopic (exact) mass is 512 g/mol. The zero-order chi connectivity index (χ0) is 24.7. The number of rotatable bonds is 6. The largest absolute Gasteiger partial charge is 0.497 e. The van der Waals surface area contributed by atoms with Gasteiger partial charge in [-0.3, -0.25) is 4.79 Å². The average molecular weight is 513 g/mol. The van der Waals surface area contributed by atoms with E-state index < -0.39 is 0 Å². The maximum absolute atomic E-state index is 12.7. The summed E-state index contributed by atoms with van der Waals surface area (Å²) in [5.74, 6) is 3.18. The van der Waals surface area contributed by atoms with Crippen LogP contribution in [0.15, 0.2) is 30.3 Å². The first kappa shape index (κ1) is 23.3. The van der Waals surface area contributed by atoms with E-state index in [1.807, 2.05) is 37.3 Å². The summed E-state index contributed by atoms with van der Waals surface area (Å²) in [4.78, 5) is 17.5. The minimum Gasteiger partial charge on any atom is -0.497 e. The van der Waals surface area contributed by atoms with Crippen molar-refractivity contribution in [2.75, 3.05) is 39.5 Å². The lowest BCUT2D eigenvalue weighted by atomic mass is 10.0. The summed E-state index contributed by atoms with van der Waals surface area (Å²) in [5, 5.41) is 8.31. The normalized spacial score (nSPS) is 15.3. The van der Waals surface area contributed by atoms with E-state index in [1.54, 1.807) is 33.1 Å². The van der Waals surface area contributed by atoms with Crippen molar-refractivity contribution in [3.63, 3.8) is 0 Å². The molecular weight excluding hydrogens is 488 g/mol. The SMILES string of the molecule is COc1ccc2nc(-n3nc(C)c4c3NC(=O)CS[C@@H]4c3cc(OC)c(OC)c(OC)c3)sc2c1. The van der Waals surface area contributed by atoms with Crippen molar-refractivity contribution >= 4 is 45.0 Å². The highest BCUT2D eigenvalue weighted by atomic mass is 32.2. The summed E-state index contributed by atoms with van der Waals surface area (Å²) in [6.45, 7) is 1.94. The zero-order valence-corrected chi connectivity index (χ0v) is 21.5. The van der Waals surface area contributed by atoms with Gasteiger partial charge in [-0.2, -0.15) is 9.78 Å². The Morgan fingerprint density at radius 2 is 1.77 bits per heavy atom. The van der Waals surface area contributed by atoms with Crippen molar-refractivity contribution < 1.29 is 23.7 Å². The number of thiazole rings is 1. The lowest BCUT2D eigenvalue weighted by molar-refractivity contribution is -0.113. The van der Waals surface area contributed by atoms with Crippen molar-refractivity contribution in [1.82, 2.24) is 14.8 Å². The Morgan fingerprint density at radius 1 is 1.03 bits per heavy atom. The molecule has 1 atom stereocenters. The highest BCUT2D eigenvalue weighted by molar-refractivity contribution is 8.00. The molecule has 0 aliphatic carbocycles. The smallest absolute Gasteiger partial charge is 0.235 e.